The molecule has 8 nitrogen and oxygen atoms in total. The zero-order valence-corrected chi connectivity index (χ0v) is 15.8. The molecule has 2 heterocycles. The molecule has 0 radical (unpaired) electrons. The first kappa shape index (κ1) is 20.5. The normalized spacial score (nSPS) is 15.5. The van der Waals surface area contributed by atoms with E-state index in [0.717, 1.165) is 18.2 Å². The molecule has 0 bridgehead atoms. The molecule has 1 aromatic carbocycles. The van der Waals surface area contributed by atoms with Gasteiger partial charge in [0.2, 0.25) is 0 Å². The molecule has 1 saturated heterocycles. The lowest BCUT2D eigenvalue weighted by Gasteiger charge is -2.25. The van der Waals surface area contributed by atoms with Crippen LogP contribution in [0, 0.1) is 0 Å². The first-order valence-corrected chi connectivity index (χ1v) is 10.3. The number of benzene rings is 1. The van der Waals surface area contributed by atoms with Crippen molar-refractivity contribution in [2.75, 3.05) is 31.2 Å². The number of thiazole rings is 1. The monoisotopic (exact) mass is 436 g/mol. The van der Waals surface area contributed by atoms with Crippen molar-refractivity contribution in [2.45, 2.75) is 11.1 Å². The molecule has 2 aromatic rings. The number of ether oxygens (including phenoxy) is 1. The first-order valence-electron chi connectivity index (χ1n) is 7.94. The van der Waals surface area contributed by atoms with Crippen LogP contribution in [0.4, 0.5) is 18.3 Å². The molecule has 1 aromatic heterocycles. The lowest BCUT2D eigenvalue weighted by Crippen LogP contribution is -2.41. The van der Waals surface area contributed by atoms with Crippen LogP contribution in [0.3, 0.4) is 0 Å². The summed E-state index contributed by atoms with van der Waals surface area (Å²) in [5.41, 5.74) is 0.825. The number of anilines is 1. The number of rotatable bonds is 5. The van der Waals surface area contributed by atoms with Gasteiger partial charge in [-0.2, -0.15) is 13.2 Å². The average molecular weight is 436 g/mol. The van der Waals surface area contributed by atoms with Gasteiger partial charge < -0.3 is 9.64 Å². The van der Waals surface area contributed by atoms with E-state index in [2.05, 4.69) is 4.98 Å². The van der Waals surface area contributed by atoms with Gasteiger partial charge in [0.15, 0.2) is 5.13 Å². The topological polar surface area (TPSA) is 101 Å². The summed E-state index contributed by atoms with van der Waals surface area (Å²) in [7, 11) is -4.39. The van der Waals surface area contributed by atoms with Gasteiger partial charge in [0, 0.05) is 18.5 Å². The quantitative estimate of drug-likeness (QED) is 0.691. The maximum atomic E-state index is 12.7. The van der Waals surface area contributed by atoms with Gasteiger partial charge in [-0.25, -0.2) is 13.4 Å². The van der Waals surface area contributed by atoms with E-state index in [1.165, 1.54) is 16.7 Å². The van der Waals surface area contributed by atoms with Crippen molar-refractivity contribution in [1.29, 1.82) is 0 Å². The number of aromatic nitrogens is 1. The average Bonchev–Trinajstić information content (AvgIpc) is 3.17. The second-order valence-electron chi connectivity index (χ2n) is 5.70. The van der Waals surface area contributed by atoms with Crippen molar-refractivity contribution in [2.24, 2.45) is 0 Å². The number of hydrogen-bond acceptors (Lipinski definition) is 7. The van der Waals surface area contributed by atoms with Gasteiger partial charge in [-0.1, -0.05) is 6.07 Å². The SMILES string of the molecule is O=C(NNS(=O)(=O)c1cccc(C(F)(F)F)c1)c1csc(N2CCOCC2)n1. The Balaban J connectivity index is 1.66. The highest BCUT2D eigenvalue weighted by atomic mass is 32.2. The fourth-order valence-corrected chi connectivity index (χ4v) is 4.09. The van der Waals surface area contributed by atoms with Crippen LogP contribution in [-0.4, -0.2) is 45.6 Å². The number of hydrazine groups is 1. The van der Waals surface area contributed by atoms with Crippen molar-refractivity contribution < 1.29 is 31.1 Å². The molecule has 0 saturated carbocycles. The summed E-state index contributed by atoms with van der Waals surface area (Å²) in [5, 5.41) is 2.05. The Hall–Kier alpha value is -2.22. The van der Waals surface area contributed by atoms with Crippen molar-refractivity contribution in [3.8, 4) is 0 Å². The first-order chi connectivity index (χ1) is 13.2. The van der Waals surface area contributed by atoms with Gasteiger partial charge in [0.1, 0.15) is 5.69 Å². The molecule has 0 atom stereocenters. The van der Waals surface area contributed by atoms with Crippen molar-refractivity contribution >= 4 is 32.4 Å². The summed E-state index contributed by atoms with van der Waals surface area (Å²) in [4.78, 5) is 19.4. The lowest BCUT2D eigenvalue weighted by atomic mass is 10.2. The fraction of sp³-hybridized carbons (Fsp3) is 0.333. The van der Waals surface area contributed by atoms with E-state index in [-0.39, 0.29) is 5.69 Å². The standard InChI is InChI=1S/C15H15F3N4O4S2/c16-15(17,18)10-2-1-3-11(8-10)28(24,25)21-20-13(23)12-9-27-14(19-12)22-4-6-26-7-5-22/h1-3,8-9,21H,4-7H2,(H,20,23). The minimum atomic E-state index is -4.69. The Kier molecular flexibility index (Phi) is 5.88. The Morgan fingerprint density at radius 3 is 2.64 bits per heavy atom. The second-order valence-corrected chi connectivity index (χ2v) is 8.22. The summed E-state index contributed by atoms with van der Waals surface area (Å²) in [6, 6.07) is 3.19. The molecule has 1 amide bonds. The molecule has 1 aliphatic heterocycles. The van der Waals surface area contributed by atoms with Gasteiger partial charge in [-0.05, 0) is 18.2 Å². The Morgan fingerprint density at radius 2 is 1.96 bits per heavy atom. The zero-order valence-electron chi connectivity index (χ0n) is 14.2. The summed E-state index contributed by atoms with van der Waals surface area (Å²) < 4.78 is 67.8. The van der Waals surface area contributed by atoms with Gasteiger partial charge in [0.05, 0.1) is 23.7 Å². The van der Waals surface area contributed by atoms with Crippen LogP contribution >= 0.6 is 11.3 Å². The van der Waals surface area contributed by atoms with Crippen LogP contribution in [0.2, 0.25) is 0 Å². The predicted molar refractivity (Wildman–Crippen MR) is 94.4 cm³/mol. The maximum Gasteiger partial charge on any atom is 0.416 e. The van der Waals surface area contributed by atoms with E-state index in [9.17, 15) is 26.4 Å². The number of sulfonamides is 1. The number of carbonyl (C=O) groups is 1. The van der Waals surface area contributed by atoms with Crippen molar-refractivity contribution in [3.63, 3.8) is 0 Å². The number of hydrogen-bond donors (Lipinski definition) is 2. The Labute approximate surface area is 162 Å². The molecule has 13 heteroatoms. The van der Waals surface area contributed by atoms with Crippen molar-refractivity contribution in [1.82, 2.24) is 15.2 Å². The summed E-state index contributed by atoms with van der Waals surface area (Å²) >= 11 is 1.22. The van der Waals surface area contributed by atoms with E-state index < -0.39 is 32.6 Å². The molecule has 0 spiro atoms. The van der Waals surface area contributed by atoms with E-state index in [0.29, 0.717) is 37.5 Å². The second kappa shape index (κ2) is 8.03. The Bertz CT molecular complexity index is 956. The molecule has 28 heavy (non-hydrogen) atoms. The summed E-state index contributed by atoms with van der Waals surface area (Å²) in [5.74, 6) is -0.827. The zero-order chi connectivity index (χ0) is 20.4. The van der Waals surface area contributed by atoms with E-state index in [1.807, 2.05) is 10.3 Å². The van der Waals surface area contributed by atoms with Crippen LogP contribution in [0.25, 0.3) is 0 Å². The number of amides is 1. The van der Waals surface area contributed by atoms with Gasteiger partial charge >= 0.3 is 6.18 Å². The fourth-order valence-electron chi connectivity index (χ4n) is 2.34. The highest BCUT2D eigenvalue weighted by Crippen LogP contribution is 2.30. The summed E-state index contributed by atoms with van der Waals surface area (Å²) in [6.07, 6.45) is -4.69. The molecule has 1 aliphatic rings. The largest absolute Gasteiger partial charge is 0.416 e. The number of alkyl halides is 3. The van der Waals surface area contributed by atoms with Crippen LogP contribution in [0.5, 0.6) is 0 Å². The van der Waals surface area contributed by atoms with Crippen LogP contribution in [0.15, 0.2) is 34.5 Å². The van der Waals surface area contributed by atoms with E-state index in [1.54, 1.807) is 4.83 Å². The lowest BCUT2D eigenvalue weighted by molar-refractivity contribution is -0.137. The Morgan fingerprint density at radius 1 is 1.25 bits per heavy atom. The van der Waals surface area contributed by atoms with Crippen LogP contribution in [-0.2, 0) is 20.9 Å². The molecule has 3 rings (SSSR count). The molecule has 0 aliphatic carbocycles. The maximum absolute atomic E-state index is 12.7. The van der Waals surface area contributed by atoms with E-state index >= 15 is 0 Å². The van der Waals surface area contributed by atoms with Crippen LogP contribution in [0.1, 0.15) is 16.1 Å². The molecule has 0 unspecified atom stereocenters. The molecule has 152 valence electrons. The highest BCUT2D eigenvalue weighted by molar-refractivity contribution is 7.89. The van der Waals surface area contributed by atoms with Crippen LogP contribution < -0.4 is 15.2 Å². The number of nitrogens with zero attached hydrogens (tertiary/aromatic N) is 2. The smallest absolute Gasteiger partial charge is 0.378 e. The number of nitrogens with one attached hydrogen (secondary N) is 2. The minimum absolute atomic E-state index is 0.0155. The number of halogens is 3. The molecule has 2 N–H and O–H groups in total. The third kappa shape index (κ3) is 4.79. The minimum Gasteiger partial charge on any atom is -0.378 e. The molecular formula is C15H15F3N4O4S2. The van der Waals surface area contributed by atoms with Crippen molar-refractivity contribution in [3.05, 3.63) is 40.9 Å². The summed E-state index contributed by atoms with van der Waals surface area (Å²) in [6.45, 7) is 2.32. The number of morpholine rings is 1. The third-order valence-corrected chi connectivity index (χ3v) is 5.92. The highest BCUT2D eigenvalue weighted by Gasteiger charge is 2.31. The molecular weight excluding hydrogens is 421 g/mol. The van der Waals surface area contributed by atoms with Gasteiger partial charge in [-0.15, -0.1) is 16.2 Å². The predicted octanol–water partition coefficient (Wildman–Crippen LogP) is 1.62. The third-order valence-electron chi connectivity index (χ3n) is 3.78. The van der Waals surface area contributed by atoms with Gasteiger partial charge in [-0.3, -0.25) is 10.2 Å². The number of carbonyl (C=O) groups excluding carboxylic acids is 1. The van der Waals surface area contributed by atoms with Gasteiger partial charge in [0.25, 0.3) is 15.9 Å². The molecule has 1 fully saturated rings. The van der Waals surface area contributed by atoms with E-state index in [4.69, 9.17) is 4.74 Å².